The highest BCUT2D eigenvalue weighted by Crippen LogP contribution is 2.44. The number of thiophene rings is 1. The van der Waals surface area contributed by atoms with Crippen molar-refractivity contribution >= 4 is 40.6 Å². The van der Waals surface area contributed by atoms with Crippen molar-refractivity contribution in [3.63, 3.8) is 0 Å². The number of thioether (sulfide) groups is 1. The Morgan fingerprint density at radius 3 is 2.61 bits per heavy atom. The average Bonchev–Trinajstić information content (AvgIpc) is 3.36. The predicted molar refractivity (Wildman–Crippen MR) is 115 cm³/mol. The lowest BCUT2D eigenvalue weighted by molar-refractivity contribution is -0.136. The van der Waals surface area contributed by atoms with Crippen molar-refractivity contribution < 1.29 is 14.7 Å². The molecule has 1 unspecified atom stereocenters. The maximum atomic E-state index is 12.4. The smallest absolute Gasteiger partial charge is 0.313 e. The normalized spacial score (nSPS) is 16.5. The number of carbonyl (C=O) groups is 2. The monoisotopic (exact) mass is 418 g/mol. The SMILES string of the molecule is CSc1cccc(NC(=O)C(=O)NCC2(c3ccc(C(C)O)s3)CCCC2)c1. The minimum atomic E-state index is -0.651. The van der Waals surface area contributed by atoms with Gasteiger partial charge in [0.05, 0.1) is 6.10 Å². The van der Waals surface area contributed by atoms with E-state index in [4.69, 9.17) is 0 Å². The molecule has 0 radical (unpaired) electrons. The molecule has 1 heterocycles. The molecule has 1 aromatic heterocycles. The van der Waals surface area contributed by atoms with E-state index in [0.717, 1.165) is 35.5 Å². The average molecular weight is 419 g/mol. The summed E-state index contributed by atoms with van der Waals surface area (Å²) in [4.78, 5) is 27.8. The molecule has 150 valence electrons. The van der Waals surface area contributed by atoms with E-state index in [1.165, 1.54) is 4.88 Å². The van der Waals surface area contributed by atoms with Gasteiger partial charge in [0.1, 0.15) is 0 Å². The Bertz CT molecular complexity index is 842. The van der Waals surface area contributed by atoms with Crippen LogP contribution in [-0.2, 0) is 15.0 Å². The van der Waals surface area contributed by atoms with E-state index in [1.807, 2.05) is 30.5 Å². The zero-order chi connectivity index (χ0) is 20.1. The molecule has 1 aliphatic carbocycles. The molecule has 28 heavy (non-hydrogen) atoms. The van der Waals surface area contributed by atoms with Crippen LogP contribution in [0.25, 0.3) is 0 Å². The number of rotatable bonds is 6. The van der Waals surface area contributed by atoms with Gasteiger partial charge in [-0.3, -0.25) is 9.59 Å². The highest BCUT2D eigenvalue weighted by molar-refractivity contribution is 7.98. The minimum absolute atomic E-state index is 0.146. The summed E-state index contributed by atoms with van der Waals surface area (Å²) in [5, 5.41) is 15.3. The van der Waals surface area contributed by atoms with Gasteiger partial charge in [-0.1, -0.05) is 18.9 Å². The minimum Gasteiger partial charge on any atom is -0.388 e. The summed E-state index contributed by atoms with van der Waals surface area (Å²) in [5.41, 5.74) is 0.467. The second-order valence-electron chi connectivity index (χ2n) is 7.23. The van der Waals surface area contributed by atoms with Crippen molar-refractivity contribution in [2.24, 2.45) is 0 Å². The van der Waals surface area contributed by atoms with Crippen molar-refractivity contribution in [3.05, 3.63) is 46.2 Å². The quantitative estimate of drug-likeness (QED) is 0.488. The van der Waals surface area contributed by atoms with Crippen molar-refractivity contribution in [2.75, 3.05) is 18.1 Å². The maximum absolute atomic E-state index is 12.4. The van der Waals surface area contributed by atoms with Crippen LogP contribution in [0.15, 0.2) is 41.3 Å². The predicted octanol–water partition coefficient (Wildman–Crippen LogP) is 4.09. The molecular weight excluding hydrogens is 392 g/mol. The fourth-order valence-electron chi connectivity index (χ4n) is 3.64. The Morgan fingerprint density at radius 2 is 1.96 bits per heavy atom. The highest BCUT2D eigenvalue weighted by Gasteiger charge is 2.37. The fourth-order valence-corrected chi connectivity index (χ4v) is 5.29. The number of anilines is 1. The van der Waals surface area contributed by atoms with Gasteiger partial charge >= 0.3 is 11.8 Å². The topological polar surface area (TPSA) is 78.4 Å². The zero-order valence-corrected chi connectivity index (χ0v) is 17.8. The molecule has 3 N–H and O–H groups in total. The molecule has 7 heteroatoms. The van der Waals surface area contributed by atoms with Gasteiger partial charge in [0.25, 0.3) is 0 Å². The van der Waals surface area contributed by atoms with Gasteiger partial charge < -0.3 is 15.7 Å². The van der Waals surface area contributed by atoms with Crippen LogP contribution in [-0.4, -0.2) is 29.7 Å². The van der Waals surface area contributed by atoms with Crippen molar-refractivity contribution in [1.82, 2.24) is 5.32 Å². The summed E-state index contributed by atoms with van der Waals surface area (Å²) in [5.74, 6) is -1.27. The first-order valence-electron chi connectivity index (χ1n) is 9.45. The van der Waals surface area contributed by atoms with Gasteiger partial charge in [0, 0.05) is 32.3 Å². The van der Waals surface area contributed by atoms with Crippen LogP contribution in [0.2, 0.25) is 0 Å². The van der Waals surface area contributed by atoms with Crippen LogP contribution in [0, 0.1) is 0 Å². The Labute approximate surface area is 173 Å². The van der Waals surface area contributed by atoms with Gasteiger partial charge in [-0.25, -0.2) is 0 Å². The van der Waals surface area contributed by atoms with Crippen molar-refractivity contribution in [1.29, 1.82) is 0 Å². The summed E-state index contributed by atoms with van der Waals surface area (Å²) in [6.07, 6.45) is 5.63. The van der Waals surface area contributed by atoms with Crippen LogP contribution in [0.5, 0.6) is 0 Å². The Balaban J connectivity index is 1.64. The second kappa shape index (κ2) is 9.11. The first-order valence-corrected chi connectivity index (χ1v) is 11.5. The molecule has 0 aliphatic heterocycles. The maximum Gasteiger partial charge on any atom is 0.313 e. The van der Waals surface area contributed by atoms with E-state index in [2.05, 4.69) is 16.7 Å². The molecule has 0 spiro atoms. The summed E-state index contributed by atoms with van der Waals surface area (Å²) in [6, 6.07) is 11.4. The molecule has 2 amide bonds. The van der Waals surface area contributed by atoms with Gasteiger partial charge in [-0.05, 0) is 56.4 Å². The first kappa shape index (κ1) is 20.9. The number of benzene rings is 1. The number of aliphatic hydroxyl groups excluding tert-OH is 1. The Hall–Kier alpha value is -1.83. The van der Waals surface area contributed by atoms with Crippen LogP contribution in [0.1, 0.15) is 48.5 Å². The first-order chi connectivity index (χ1) is 13.4. The molecule has 2 aromatic rings. The van der Waals surface area contributed by atoms with E-state index in [-0.39, 0.29) is 5.41 Å². The summed E-state index contributed by atoms with van der Waals surface area (Å²) in [6.45, 7) is 2.19. The van der Waals surface area contributed by atoms with Crippen LogP contribution >= 0.6 is 23.1 Å². The standard InChI is InChI=1S/C21H26N2O3S2/c1-14(24)17-8-9-18(28-17)21(10-3-4-11-21)13-22-19(25)20(26)23-15-6-5-7-16(12-15)27-2/h5-9,12,14,24H,3-4,10-11,13H2,1-2H3,(H,22,25)(H,23,26). The third-order valence-corrected chi connectivity index (χ3v) is 7.47. The molecule has 1 atom stereocenters. The summed E-state index contributed by atoms with van der Waals surface area (Å²) < 4.78 is 0. The Kier molecular flexibility index (Phi) is 6.80. The highest BCUT2D eigenvalue weighted by atomic mass is 32.2. The third kappa shape index (κ3) is 4.77. The van der Waals surface area contributed by atoms with Gasteiger partial charge in [-0.2, -0.15) is 0 Å². The number of amides is 2. The van der Waals surface area contributed by atoms with Crippen LogP contribution in [0.3, 0.4) is 0 Å². The molecule has 3 rings (SSSR count). The van der Waals surface area contributed by atoms with Gasteiger partial charge in [0.2, 0.25) is 0 Å². The molecule has 1 aliphatic rings. The number of aliphatic hydroxyl groups is 1. The number of hydrogen-bond donors (Lipinski definition) is 3. The lowest BCUT2D eigenvalue weighted by Crippen LogP contribution is -2.43. The van der Waals surface area contributed by atoms with Crippen LogP contribution < -0.4 is 10.6 Å². The molecule has 1 saturated carbocycles. The lowest BCUT2D eigenvalue weighted by atomic mass is 9.84. The van der Waals surface area contributed by atoms with E-state index in [9.17, 15) is 14.7 Å². The van der Waals surface area contributed by atoms with Crippen molar-refractivity contribution in [3.8, 4) is 0 Å². The van der Waals surface area contributed by atoms with E-state index in [1.54, 1.807) is 36.1 Å². The number of carbonyl (C=O) groups excluding carboxylic acids is 2. The zero-order valence-electron chi connectivity index (χ0n) is 16.2. The Morgan fingerprint density at radius 1 is 1.21 bits per heavy atom. The molecule has 1 aromatic carbocycles. The van der Waals surface area contributed by atoms with E-state index in [0.29, 0.717) is 12.2 Å². The molecule has 0 saturated heterocycles. The molecular formula is C21H26N2O3S2. The number of nitrogens with one attached hydrogen (secondary N) is 2. The van der Waals surface area contributed by atoms with E-state index < -0.39 is 17.9 Å². The fraction of sp³-hybridized carbons (Fsp3) is 0.429. The third-order valence-electron chi connectivity index (χ3n) is 5.24. The summed E-state index contributed by atoms with van der Waals surface area (Å²) in [7, 11) is 0. The molecule has 0 bridgehead atoms. The second-order valence-corrected chi connectivity index (χ2v) is 9.23. The van der Waals surface area contributed by atoms with Crippen LogP contribution in [0.4, 0.5) is 5.69 Å². The van der Waals surface area contributed by atoms with Gasteiger partial charge in [0.15, 0.2) is 0 Å². The van der Waals surface area contributed by atoms with E-state index >= 15 is 0 Å². The molecule has 1 fully saturated rings. The number of hydrogen-bond acceptors (Lipinski definition) is 5. The summed E-state index contributed by atoms with van der Waals surface area (Å²) >= 11 is 3.18. The largest absolute Gasteiger partial charge is 0.388 e. The molecule has 5 nitrogen and oxygen atoms in total. The lowest BCUT2D eigenvalue weighted by Gasteiger charge is -2.28. The van der Waals surface area contributed by atoms with Gasteiger partial charge in [-0.15, -0.1) is 23.1 Å². The van der Waals surface area contributed by atoms with Crippen molar-refractivity contribution in [2.45, 2.75) is 49.0 Å².